The van der Waals surface area contributed by atoms with Gasteiger partial charge in [0.05, 0.1) is 18.8 Å². The standard InChI is InChI=1S/C12H20N2O3/c1-9(2)14-6-4-5-10(14)11(17)13-12(3,7-15)8-16/h4-6,9,15-16H,7-8H2,1-3H3,(H,13,17). The first kappa shape index (κ1) is 13.7. The average Bonchev–Trinajstić information content (AvgIpc) is 2.77. The van der Waals surface area contributed by atoms with E-state index in [1.807, 2.05) is 24.6 Å². The Morgan fingerprint density at radius 1 is 1.47 bits per heavy atom. The van der Waals surface area contributed by atoms with Gasteiger partial charge in [0.25, 0.3) is 5.91 Å². The van der Waals surface area contributed by atoms with E-state index < -0.39 is 5.54 Å². The van der Waals surface area contributed by atoms with E-state index >= 15 is 0 Å². The second-order valence-electron chi connectivity index (χ2n) is 4.73. The molecule has 5 nitrogen and oxygen atoms in total. The van der Waals surface area contributed by atoms with Crippen LogP contribution in [0.2, 0.25) is 0 Å². The van der Waals surface area contributed by atoms with Crippen molar-refractivity contribution in [3.05, 3.63) is 24.0 Å². The lowest BCUT2D eigenvalue weighted by Crippen LogP contribution is -2.52. The molecule has 1 rings (SSSR count). The molecule has 1 heterocycles. The van der Waals surface area contributed by atoms with Crippen LogP contribution in [-0.2, 0) is 0 Å². The molecule has 0 saturated heterocycles. The summed E-state index contributed by atoms with van der Waals surface area (Å²) in [6.07, 6.45) is 1.83. The van der Waals surface area contributed by atoms with Crippen molar-refractivity contribution in [2.75, 3.05) is 13.2 Å². The number of amides is 1. The number of nitrogens with zero attached hydrogens (tertiary/aromatic N) is 1. The predicted octanol–water partition coefficient (Wildman–Crippen LogP) is 0.542. The molecule has 0 aliphatic heterocycles. The second-order valence-corrected chi connectivity index (χ2v) is 4.73. The third-order valence-electron chi connectivity index (χ3n) is 2.68. The zero-order chi connectivity index (χ0) is 13.1. The second kappa shape index (κ2) is 5.33. The fraction of sp³-hybridized carbons (Fsp3) is 0.583. The molecule has 0 atom stereocenters. The molecule has 0 saturated carbocycles. The van der Waals surface area contributed by atoms with E-state index in [-0.39, 0.29) is 25.2 Å². The molecule has 0 radical (unpaired) electrons. The summed E-state index contributed by atoms with van der Waals surface area (Å²) < 4.78 is 1.84. The van der Waals surface area contributed by atoms with Crippen molar-refractivity contribution < 1.29 is 15.0 Å². The van der Waals surface area contributed by atoms with Gasteiger partial charge in [-0.2, -0.15) is 0 Å². The Morgan fingerprint density at radius 3 is 2.53 bits per heavy atom. The van der Waals surface area contributed by atoms with Crippen molar-refractivity contribution in [2.45, 2.75) is 32.4 Å². The van der Waals surface area contributed by atoms with Gasteiger partial charge >= 0.3 is 0 Å². The normalized spacial score (nSPS) is 11.9. The van der Waals surface area contributed by atoms with Crippen LogP contribution in [0.25, 0.3) is 0 Å². The average molecular weight is 240 g/mol. The minimum Gasteiger partial charge on any atom is -0.394 e. The molecular weight excluding hydrogens is 220 g/mol. The number of hydrogen-bond donors (Lipinski definition) is 3. The van der Waals surface area contributed by atoms with Crippen LogP contribution in [-0.4, -0.2) is 39.4 Å². The van der Waals surface area contributed by atoms with Gasteiger partial charge in [-0.1, -0.05) is 0 Å². The van der Waals surface area contributed by atoms with E-state index in [2.05, 4.69) is 5.32 Å². The van der Waals surface area contributed by atoms with Gasteiger partial charge in [0, 0.05) is 12.2 Å². The van der Waals surface area contributed by atoms with Crippen LogP contribution in [0.1, 0.15) is 37.3 Å². The summed E-state index contributed by atoms with van der Waals surface area (Å²) in [6.45, 7) is 4.94. The molecule has 1 aromatic rings. The van der Waals surface area contributed by atoms with Crippen LogP contribution < -0.4 is 5.32 Å². The fourth-order valence-corrected chi connectivity index (χ4v) is 1.50. The monoisotopic (exact) mass is 240 g/mol. The number of aromatic nitrogens is 1. The van der Waals surface area contributed by atoms with Crippen molar-refractivity contribution in [3.8, 4) is 0 Å². The van der Waals surface area contributed by atoms with E-state index in [0.29, 0.717) is 5.69 Å². The number of aliphatic hydroxyl groups excluding tert-OH is 2. The molecule has 0 bridgehead atoms. The molecule has 5 heteroatoms. The lowest BCUT2D eigenvalue weighted by Gasteiger charge is -2.26. The summed E-state index contributed by atoms with van der Waals surface area (Å²) in [5.74, 6) is -0.297. The maximum Gasteiger partial charge on any atom is 0.268 e. The molecule has 0 spiro atoms. The number of carbonyl (C=O) groups excluding carboxylic acids is 1. The zero-order valence-electron chi connectivity index (χ0n) is 10.5. The summed E-state index contributed by atoms with van der Waals surface area (Å²) in [5.41, 5.74) is -0.475. The van der Waals surface area contributed by atoms with E-state index in [1.54, 1.807) is 19.1 Å². The topological polar surface area (TPSA) is 74.5 Å². The highest BCUT2D eigenvalue weighted by Crippen LogP contribution is 2.12. The highest BCUT2D eigenvalue weighted by atomic mass is 16.3. The van der Waals surface area contributed by atoms with Crippen molar-refractivity contribution >= 4 is 5.91 Å². The molecule has 3 N–H and O–H groups in total. The molecule has 0 aromatic carbocycles. The van der Waals surface area contributed by atoms with Crippen molar-refractivity contribution in [3.63, 3.8) is 0 Å². The van der Waals surface area contributed by atoms with Crippen molar-refractivity contribution in [1.29, 1.82) is 0 Å². The first-order valence-corrected chi connectivity index (χ1v) is 5.64. The summed E-state index contributed by atoms with van der Waals surface area (Å²) in [6, 6.07) is 3.69. The summed E-state index contributed by atoms with van der Waals surface area (Å²) in [7, 11) is 0. The molecule has 0 unspecified atom stereocenters. The first-order valence-electron chi connectivity index (χ1n) is 5.64. The van der Waals surface area contributed by atoms with Crippen LogP contribution in [0, 0.1) is 0 Å². The SMILES string of the molecule is CC(C)n1cccc1C(=O)NC(C)(CO)CO. The number of carbonyl (C=O) groups is 1. The third-order valence-corrected chi connectivity index (χ3v) is 2.68. The van der Waals surface area contributed by atoms with Gasteiger partial charge in [0.1, 0.15) is 5.69 Å². The maximum absolute atomic E-state index is 12.0. The van der Waals surface area contributed by atoms with Crippen molar-refractivity contribution in [1.82, 2.24) is 9.88 Å². The van der Waals surface area contributed by atoms with Gasteiger partial charge in [-0.25, -0.2) is 0 Å². The molecule has 17 heavy (non-hydrogen) atoms. The summed E-state index contributed by atoms with van der Waals surface area (Å²) in [4.78, 5) is 12.0. The molecule has 0 aliphatic rings. The molecule has 1 amide bonds. The number of nitrogens with one attached hydrogen (secondary N) is 1. The smallest absolute Gasteiger partial charge is 0.268 e. The Hall–Kier alpha value is -1.33. The van der Waals surface area contributed by atoms with Crippen LogP contribution in [0.4, 0.5) is 0 Å². The highest BCUT2D eigenvalue weighted by molar-refractivity contribution is 5.93. The molecular formula is C12H20N2O3. The molecule has 1 aromatic heterocycles. The van der Waals surface area contributed by atoms with E-state index in [9.17, 15) is 4.79 Å². The quantitative estimate of drug-likeness (QED) is 0.703. The Labute approximate surface area is 101 Å². The fourth-order valence-electron chi connectivity index (χ4n) is 1.50. The molecule has 0 fully saturated rings. The summed E-state index contributed by atoms with van der Waals surface area (Å²) in [5, 5.41) is 20.9. The molecule has 96 valence electrons. The number of hydrogen-bond acceptors (Lipinski definition) is 3. The van der Waals surface area contributed by atoms with Gasteiger partial charge in [0.2, 0.25) is 0 Å². The third kappa shape index (κ3) is 3.08. The Kier molecular flexibility index (Phi) is 4.31. The highest BCUT2D eigenvalue weighted by Gasteiger charge is 2.26. The van der Waals surface area contributed by atoms with Gasteiger partial charge < -0.3 is 20.1 Å². The number of rotatable bonds is 5. The van der Waals surface area contributed by atoms with Gasteiger partial charge in [-0.3, -0.25) is 4.79 Å². The summed E-state index contributed by atoms with van der Waals surface area (Å²) >= 11 is 0. The Bertz CT molecular complexity index is 381. The predicted molar refractivity (Wildman–Crippen MR) is 64.9 cm³/mol. The molecule has 0 aliphatic carbocycles. The van der Waals surface area contributed by atoms with E-state index in [4.69, 9.17) is 10.2 Å². The first-order chi connectivity index (χ1) is 7.93. The lowest BCUT2D eigenvalue weighted by atomic mass is 10.1. The Balaban J connectivity index is 2.87. The largest absolute Gasteiger partial charge is 0.394 e. The van der Waals surface area contributed by atoms with Gasteiger partial charge in [-0.05, 0) is 32.9 Å². The minimum atomic E-state index is -0.997. The van der Waals surface area contributed by atoms with Gasteiger partial charge in [-0.15, -0.1) is 0 Å². The van der Waals surface area contributed by atoms with Crippen LogP contribution >= 0.6 is 0 Å². The Morgan fingerprint density at radius 2 is 2.06 bits per heavy atom. The maximum atomic E-state index is 12.0. The van der Waals surface area contributed by atoms with Crippen molar-refractivity contribution in [2.24, 2.45) is 0 Å². The van der Waals surface area contributed by atoms with E-state index in [1.165, 1.54) is 0 Å². The van der Waals surface area contributed by atoms with Crippen LogP contribution in [0.5, 0.6) is 0 Å². The van der Waals surface area contributed by atoms with Crippen LogP contribution in [0.15, 0.2) is 18.3 Å². The lowest BCUT2D eigenvalue weighted by molar-refractivity contribution is 0.0714. The van der Waals surface area contributed by atoms with E-state index in [0.717, 1.165) is 0 Å². The van der Waals surface area contributed by atoms with Gasteiger partial charge in [0.15, 0.2) is 0 Å². The van der Waals surface area contributed by atoms with Crippen LogP contribution in [0.3, 0.4) is 0 Å². The number of aliphatic hydroxyl groups is 2. The zero-order valence-corrected chi connectivity index (χ0v) is 10.5. The minimum absolute atomic E-state index is 0.181.